The number of nitrogens with one attached hydrogen (secondary N) is 1. The second-order valence-electron chi connectivity index (χ2n) is 5.17. The highest BCUT2D eigenvalue weighted by Gasteiger charge is 2.07. The standard InChI is InChI=1S/C17H22N2O/c1-13(2)19-12-15-11-17(20-3)8-7-14(15)10-16-6-4-5-9-18-16/h4-9,11,13,19H,10,12H2,1-3H3. The van der Waals surface area contributed by atoms with E-state index in [-0.39, 0.29) is 0 Å². The van der Waals surface area contributed by atoms with Crippen molar-refractivity contribution in [3.8, 4) is 5.75 Å². The topological polar surface area (TPSA) is 34.1 Å². The number of hydrogen-bond acceptors (Lipinski definition) is 3. The van der Waals surface area contributed by atoms with Gasteiger partial charge in [-0.15, -0.1) is 0 Å². The van der Waals surface area contributed by atoms with Crippen LogP contribution in [0.3, 0.4) is 0 Å². The Bertz CT molecular complexity index is 538. The van der Waals surface area contributed by atoms with Crippen LogP contribution in [0.4, 0.5) is 0 Å². The van der Waals surface area contributed by atoms with Gasteiger partial charge in [0.25, 0.3) is 0 Å². The summed E-state index contributed by atoms with van der Waals surface area (Å²) in [6.07, 6.45) is 2.69. The third-order valence-corrected chi connectivity index (χ3v) is 3.21. The molecule has 0 amide bonds. The van der Waals surface area contributed by atoms with Crippen LogP contribution in [0, 0.1) is 0 Å². The molecule has 0 radical (unpaired) electrons. The van der Waals surface area contributed by atoms with Crippen LogP contribution >= 0.6 is 0 Å². The predicted molar refractivity (Wildman–Crippen MR) is 82.0 cm³/mol. The van der Waals surface area contributed by atoms with Gasteiger partial charge in [-0.2, -0.15) is 0 Å². The maximum absolute atomic E-state index is 5.32. The monoisotopic (exact) mass is 270 g/mol. The van der Waals surface area contributed by atoms with E-state index in [9.17, 15) is 0 Å². The highest BCUT2D eigenvalue weighted by atomic mass is 16.5. The van der Waals surface area contributed by atoms with Crippen LogP contribution in [0.25, 0.3) is 0 Å². The summed E-state index contributed by atoms with van der Waals surface area (Å²) >= 11 is 0. The molecule has 106 valence electrons. The Morgan fingerprint density at radius 2 is 2.00 bits per heavy atom. The molecule has 0 spiro atoms. The fraction of sp³-hybridized carbons (Fsp3) is 0.353. The molecule has 1 aromatic heterocycles. The molecule has 1 N–H and O–H groups in total. The smallest absolute Gasteiger partial charge is 0.119 e. The molecule has 20 heavy (non-hydrogen) atoms. The molecule has 0 aliphatic rings. The number of aromatic nitrogens is 1. The number of methoxy groups -OCH3 is 1. The van der Waals surface area contributed by atoms with Gasteiger partial charge in [0.05, 0.1) is 7.11 Å². The molecule has 3 nitrogen and oxygen atoms in total. The first-order valence-electron chi connectivity index (χ1n) is 6.98. The SMILES string of the molecule is COc1ccc(Cc2ccccn2)c(CNC(C)C)c1. The van der Waals surface area contributed by atoms with Crippen molar-refractivity contribution in [2.45, 2.75) is 32.9 Å². The zero-order chi connectivity index (χ0) is 14.4. The summed E-state index contributed by atoms with van der Waals surface area (Å²) in [5.74, 6) is 0.898. The summed E-state index contributed by atoms with van der Waals surface area (Å²) in [5, 5.41) is 3.46. The highest BCUT2D eigenvalue weighted by Crippen LogP contribution is 2.20. The molecule has 1 aromatic carbocycles. The number of pyridine rings is 1. The number of ether oxygens (including phenoxy) is 1. The summed E-state index contributed by atoms with van der Waals surface area (Å²) in [5.41, 5.74) is 3.64. The third-order valence-electron chi connectivity index (χ3n) is 3.21. The number of hydrogen-bond donors (Lipinski definition) is 1. The van der Waals surface area contributed by atoms with E-state index >= 15 is 0 Å². The normalized spacial score (nSPS) is 10.8. The minimum absolute atomic E-state index is 0.462. The van der Waals surface area contributed by atoms with E-state index < -0.39 is 0 Å². The van der Waals surface area contributed by atoms with Crippen LogP contribution in [-0.2, 0) is 13.0 Å². The number of benzene rings is 1. The van der Waals surface area contributed by atoms with Crippen molar-refractivity contribution in [1.29, 1.82) is 0 Å². The van der Waals surface area contributed by atoms with Gasteiger partial charge < -0.3 is 10.1 Å². The van der Waals surface area contributed by atoms with Gasteiger partial charge >= 0.3 is 0 Å². The molecule has 2 aromatic rings. The largest absolute Gasteiger partial charge is 0.497 e. The molecule has 0 bridgehead atoms. The lowest BCUT2D eigenvalue weighted by molar-refractivity contribution is 0.413. The lowest BCUT2D eigenvalue weighted by Crippen LogP contribution is -2.22. The first kappa shape index (κ1) is 14.5. The lowest BCUT2D eigenvalue weighted by atomic mass is 10.0. The Morgan fingerprint density at radius 1 is 1.15 bits per heavy atom. The van der Waals surface area contributed by atoms with Gasteiger partial charge in [0.15, 0.2) is 0 Å². The van der Waals surface area contributed by atoms with Gasteiger partial charge in [-0.25, -0.2) is 0 Å². The first-order valence-corrected chi connectivity index (χ1v) is 6.98. The van der Waals surface area contributed by atoms with E-state index in [1.165, 1.54) is 11.1 Å². The first-order chi connectivity index (χ1) is 9.69. The molecule has 0 unspecified atom stereocenters. The molecular weight excluding hydrogens is 248 g/mol. The van der Waals surface area contributed by atoms with Crippen LogP contribution in [0.5, 0.6) is 5.75 Å². The second kappa shape index (κ2) is 7.06. The quantitative estimate of drug-likeness (QED) is 0.875. The molecule has 0 atom stereocenters. The average molecular weight is 270 g/mol. The molecule has 0 saturated heterocycles. The minimum Gasteiger partial charge on any atom is -0.497 e. The average Bonchev–Trinajstić information content (AvgIpc) is 2.47. The third kappa shape index (κ3) is 4.07. The highest BCUT2D eigenvalue weighted by molar-refractivity contribution is 5.37. The molecule has 0 fully saturated rings. The predicted octanol–water partition coefficient (Wildman–Crippen LogP) is 3.18. The molecular formula is C17H22N2O. The van der Waals surface area contributed by atoms with Crippen molar-refractivity contribution in [3.63, 3.8) is 0 Å². The molecule has 0 aliphatic carbocycles. The summed E-state index contributed by atoms with van der Waals surface area (Å²) < 4.78 is 5.32. The molecule has 1 heterocycles. The maximum Gasteiger partial charge on any atom is 0.119 e. The van der Waals surface area contributed by atoms with E-state index in [0.29, 0.717) is 6.04 Å². The van der Waals surface area contributed by atoms with Gasteiger partial charge in [0.2, 0.25) is 0 Å². The van der Waals surface area contributed by atoms with Gasteiger partial charge in [-0.1, -0.05) is 26.0 Å². The van der Waals surface area contributed by atoms with E-state index in [0.717, 1.165) is 24.4 Å². The minimum atomic E-state index is 0.462. The van der Waals surface area contributed by atoms with E-state index in [4.69, 9.17) is 4.74 Å². The van der Waals surface area contributed by atoms with Crippen molar-refractivity contribution in [1.82, 2.24) is 10.3 Å². The van der Waals surface area contributed by atoms with Gasteiger partial charge in [0, 0.05) is 30.9 Å². The fourth-order valence-electron chi connectivity index (χ4n) is 2.08. The number of nitrogens with zero attached hydrogens (tertiary/aromatic N) is 1. The summed E-state index contributed by atoms with van der Waals surface area (Å²) in [6.45, 7) is 5.15. The Balaban J connectivity index is 2.21. The zero-order valence-electron chi connectivity index (χ0n) is 12.4. The van der Waals surface area contributed by atoms with Crippen LogP contribution < -0.4 is 10.1 Å². The Hall–Kier alpha value is -1.87. The van der Waals surface area contributed by atoms with Crippen molar-refractivity contribution >= 4 is 0 Å². The van der Waals surface area contributed by atoms with Crippen molar-refractivity contribution in [3.05, 3.63) is 59.4 Å². The maximum atomic E-state index is 5.32. The van der Waals surface area contributed by atoms with Gasteiger partial charge in [-0.05, 0) is 35.4 Å². The van der Waals surface area contributed by atoms with Crippen LogP contribution in [-0.4, -0.2) is 18.1 Å². The molecule has 2 rings (SSSR count). The van der Waals surface area contributed by atoms with Gasteiger partial charge in [-0.3, -0.25) is 4.98 Å². The van der Waals surface area contributed by atoms with E-state index in [2.05, 4.69) is 42.3 Å². The lowest BCUT2D eigenvalue weighted by Gasteiger charge is -2.14. The van der Waals surface area contributed by atoms with Gasteiger partial charge in [0.1, 0.15) is 5.75 Å². The molecule has 0 saturated carbocycles. The molecule has 3 heteroatoms. The van der Waals surface area contributed by atoms with Crippen molar-refractivity contribution in [2.24, 2.45) is 0 Å². The second-order valence-corrected chi connectivity index (χ2v) is 5.17. The van der Waals surface area contributed by atoms with Crippen molar-refractivity contribution in [2.75, 3.05) is 7.11 Å². The van der Waals surface area contributed by atoms with Crippen molar-refractivity contribution < 1.29 is 4.74 Å². The summed E-state index contributed by atoms with van der Waals surface area (Å²) in [4.78, 5) is 4.40. The molecule has 0 aliphatic heterocycles. The van der Waals surface area contributed by atoms with E-state index in [1.807, 2.05) is 24.4 Å². The Labute approximate surface area is 121 Å². The van der Waals surface area contributed by atoms with Crippen LogP contribution in [0.2, 0.25) is 0 Å². The Kier molecular flexibility index (Phi) is 5.13. The zero-order valence-corrected chi connectivity index (χ0v) is 12.4. The van der Waals surface area contributed by atoms with E-state index in [1.54, 1.807) is 7.11 Å². The number of rotatable bonds is 6. The summed E-state index contributed by atoms with van der Waals surface area (Å²) in [6, 6.07) is 12.7. The summed E-state index contributed by atoms with van der Waals surface area (Å²) in [7, 11) is 1.70. The fourth-order valence-corrected chi connectivity index (χ4v) is 2.08. The Morgan fingerprint density at radius 3 is 2.65 bits per heavy atom. The van der Waals surface area contributed by atoms with Crippen LogP contribution in [0.15, 0.2) is 42.6 Å². The van der Waals surface area contributed by atoms with Crippen LogP contribution in [0.1, 0.15) is 30.7 Å².